The Morgan fingerprint density at radius 1 is 0.710 bits per heavy atom. The van der Waals surface area contributed by atoms with E-state index in [1.165, 1.54) is 0 Å². The molecule has 3 N–H and O–H groups in total. The zero-order chi connectivity index (χ0) is 21.6. The van der Waals surface area contributed by atoms with E-state index in [0.717, 1.165) is 27.5 Å². The second-order valence-corrected chi connectivity index (χ2v) is 7.56. The number of hydrogen-bond donors (Lipinski definition) is 2. The number of rotatable bonds is 7. The molecule has 0 heterocycles. The Balaban J connectivity index is 1.63. The van der Waals surface area contributed by atoms with Crippen LogP contribution in [0.2, 0.25) is 0 Å². The van der Waals surface area contributed by atoms with Crippen molar-refractivity contribution in [1.29, 1.82) is 0 Å². The van der Waals surface area contributed by atoms with Crippen LogP contribution in [0.5, 0.6) is 0 Å². The molecule has 0 aliphatic carbocycles. The van der Waals surface area contributed by atoms with Gasteiger partial charge >= 0.3 is 0 Å². The molecular formula is C27H24N2O2. The average Bonchev–Trinajstić information content (AvgIpc) is 2.80. The highest BCUT2D eigenvalue weighted by Gasteiger charge is 2.27. The van der Waals surface area contributed by atoms with Gasteiger partial charge in [0.1, 0.15) is 6.04 Å². The SMILES string of the molecule is NC(=O)[C@@H](Cc1cccc2ccccc12)NC(=O)C(c1ccccc1)c1ccccc1. The van der Waals surface area contributed by atoms with Crippen molar-refractivity contribution < 1.29 is 9.59 Å². The van der Waals surface area contributed by atoms with Gasteiger partial charge in [-0.05, 0) is 27.5 Å². The van der Waals surface area contributed by atoms with Gasteiger partial charge in [-0.15, -0.1) is 0 Å². The Kier molecular flexibility index (Phi) is 6.08. The van der Waals surface area contributed by atoms with Crippen molar-refractivity contribution in [3.8, 4) is 0 Å². The van der Waals surface area contributed by atoms with Gasteiger partial charge in [0.05, 0.1) is 5.92 Å². The van der Waals surface area contributed by atoms with Crippen molar-refractivity contribution in [2.75, 3.05) is 0 Å². The van der Waals surface area contributed by atoms with Gasteiger partial charge in [0.15, 0.2) is 0 Å². The summed E-state index contributed by atoms with van der Waals surface area (Å²) in [5.41, 5.74) is 8.39. The van der Waals surface area contributed by atoms with Gasteiger partial charge in [-0.25, -0.2) is 0 Å². The van der Waals surface area contributed by atoms with E-state index in [4.69, 9.17) is 5.73 Å². The lowest BCUT2D eigenvalue weighted by Crippen LogP contribution is -2.47. The maximum atomic E-state index is 13.4. The van der Waals surface area contributed by atoms with E-state index in [2.05, 4.69) is 5.32 Å². The van der Waals surface area contributed by atoms with Crippen LogP contribution in [0.15, 0.2) is 103 Å². The molecule has 2 amide bonds. The minimum Gasteiger partial charge on any atom is -0.368 e. The average molecular weight is 409 g/mol. The molecule has 31 heavy (non-hydrogen) atoms. The fourth-order valence-electron chi connectivity index (χ4n) is 3.95. The maximum Gasteiger partial charge on any atom is 0.240 e. The zero-order valence-corrected chi connectivity index (χ0v) is 17.1. The third kappa shape index (κ3) is 4.64. The highest BCUT2D eigenvalue weighted by molar-refractivity contribution is 5.93. The van der Waals surface area contributed by atoms with E-state index in [-0.39, 0.29) is 5.91 Å². The lowest BCUT2D eigenvalue weighted by atomic mass is 9.90. The third-order valence-corrected chi connectivity index (χ3v) is 5.49. The smallest absolute Gasteiger partial charge is 0.240 e. The van der Waals surface area contributed by atoms with Crippen LogP contribution >= 0.6 is 0 Å². The molecule has 0 radical (unpaired) electrons. The summed E-state index contributed by atoms with van der Waals surface area (Å²) in [7, 11) is 0. The lowest BCUT2D eigenvalue weighted by Gasteiger charge is -2.22. The molecule has 0 bridgehead atoms. The highest BCUT2D eigenvalue weighted by Crippen LogP contribution is 2.25. The predicted octanol–water partition coefficient (Wildman–Crippen LogP) is 4.18. The number of fused-ring (bicyclic) bond motifs is 1. The molecule has 0 fully saturated rings. The minimum absolute atomic E-state index is 0.249. The van der Waals surface area contributed by atoms with E-state index < -0.39 is 17.9 Å². The van der Waals surface area contributed by atoms with Crippen LogP contribution in [0.4, 0.5) is 0 Å². The monoisotopic (exact) mass is 408 g/mol. The molecule has 0 aliphatic rings. The minimum atomic E-state index is -0.812. The van der Waals surface area contributed by atoms with Crippen molar-refractivity contribution in [2.24, 2.45) is 5.73 Å². The number of benzene rings is 4. The van der Waals surface area contributed by atoms with Crippen LogP contribution in [-0.2, 0) is 16.0 Å². The first kappa shape index (κ1) is 20.4. The Hall–Kier alpha value is -3.92. The second kappa shape index (κ2) is 9.26. The van der Waals surface area contributed by atoms with Gasteiger partial charge in [0, 0.05) is 6.42 Å². The van der Waals surface area contributed by atoms with E-state index in [0.29, 0.717) is 6.42 Å². The molecule has 4 aromatic carbocycles. The number of carbonyl (C=O) groups excluding carboxylic acids is 2. The number of primary amides is 1. The molecule has 4 nitrogen and oxygen atoms in total. The number of nitrogens with two attached hydrogens (primary N) is 1. The summed E-state index contributed by atoms with van der Waals surface area (Å²) in [5, 5.41) is 5.05. The summed E-state index contributed by atoms with van der Waals surface area (Å²) >= 11 is 0. The Bertz CT molecular complexity index is 1140. The van der Waals surface area contributed by atoms with Crippen molar-refractivity contribution in [2.45, 2.75) is 18.4 Å². The molecule has 4 aromatic rings. The first-order chi connectivity index (χ1) is 15.1. The summed E-state index contributed by atoms with van der Waals surface area (Å²) < 4.78 is 0. The molecule has 0 saturated carbocycles. The Morgan fingerprint density at radius 3 is 1.87 bits per heavy atom. The first-order valence-electron chi connectivity index (χ1n) is 10.3. The van der Waals surface area contributed by atoms with Gasteiger partial charge in [0.25, 0.3) is 0 Å². The molecule has 154 valence electrons. The quantitative estimate of drug-likeness (QED) is 0.481. The van der Waals surface area contributed by atoms with E-state index >= 15 is 0 Å². The van der Waals surface area contributed by atoms with E-state index in [9.17, 15) is 9.59 Å². The highest BCUT2D eigenvalue weighted by atomic mass is 16.2. The number of nitrogens with one attached hydrogen (secondary N) is 1. The Labute approximate surface area is 181 Å². The molecule has 0 unspecified atom stereocenters. The predicted molar refractivity (Wildman–Crippen MR) is 124 cm³/mol. The van der Waals surface area contributed by atoms with Crippen LogP contribution in [0.1, 0.15) is 22.6 Å². The van der Waals surface area contributed by atoms with Crippen molar-refractivity contribution in [3.63, 3.8) is 0 Å². The molecule has 0 aromatic heterocycles. The van der Waals surface area contributed by atoms with Crippen LogP contribution < -0.4 is 11.1 Å². The van der Waals surface area contributed by atoms with Gasteiger partial charge in [-0.3, -0.25) is 9.59 Å². The van der Waals surface area contributed by atoms with Gasteiger partial charge in [0.2, 0.25) is 11.8 Å². The van der Waals surface area contributed by atoms with Crippen LogP contribution in [-0.4, -0.2) is 17.9 Å². The number of amides is 2. The summed E-state index contributed by atoms with van der Waals surface area (Å²) in [4.78, 5) is 25.7. The Morgan fingerprint density at radius 2 is 1.26 bits per heavy atom. The molecule has 0 saturated heterocycles. The number of carbonyl (C=O) groups is 2. The molecular weight excluding hydrogens is 384 g/mol. The van der Waals surface area contributed by atoms with Crippen molar-refractivity contribution in [3.05, 3.63) is 120 Å². The zero-order valence-electron chi connectivity index (χ0n) is 17.1. The van der Waals surface area contributed by atoms with Crippen LogP contribution in [0.3, 0.4) is 0 Å². The molecule has 4 rings (SSSR count). The standard InChI is InChI=1S/C27H24N2O2/c28-26(30)24(18-22-16-9-15-19-10-7-8-17-23(19)22)29-27(31)25(20-11-3-1-4-12-20)21-13-5-2-6-14-21/h1-17,24-25H,18H2,(H2,28,30)(H,29,31)/t24-/m1/s1. The number of hydrogen-bond acceptors (Lipinski definition) is 2. The van der Waals surface area contributed by atoms with E-state index in [1.807, 2.05) is 103 Å². The summed E-state index contributed by atoms with van der Waals surface area (Å²) in [5.74, 6) is -1.33. The fraction of sp³-hybridized carbons (Fsp3) is 0.111. The summed E-state index contributed by atoms with van der Waals surface area (Å²) in [6.45, 7) is 0. The van der Waals surface area contributed by atoms with Gasteiger partial charge in [-0.2, -0.15) is 0 Å². The topological polar surface area (TPSA) is 72.2 Å². The molecule has 0 aliphatic heterocycles. The summed E-state index contributed by atoms with van der Waals surface area (Å²) in [6.07, 6.45) is 0.332. The summed E-state index contributed by atoms with van der Waals surface area (Å²) in [6, 6.07) is 32.2. The van der Waals surface area contributed by atoms with Crippen LogP contribution in [0.25, 0.3) is 10.8 Å². The van der Waals surface area contributed by atoms with Crippen LogP contribution in [0, 0.1) is 0 Å². The first-order valence-corrected chi connectivity index (χ1v) is 10.3. The fourth-order valence-corrected chi connectivity index (χ4v) is 3.95. The molecule has 4 heteroatoms. The second-order valence-electron chi connectivity index (χ2n) is 7.56. The molecule has 0 spiro atoms. The van der Waals surface area contributed by atoms with Crippen molar-refractivity contribution in [1.82, 2.24) is 5.32 Å². The third-order valence-electron chi connectivity index (χ3n) is 5.49. The van der Waals surface area contributed by atoms with Gasteiger partial charge < -0.3 is 11.1 Å². The maximum absolute atomic E-state index is 13.4. The van der Waals surface area contributed by atoms with Crippen molar-refractivity contribution >= 4 is 22.6 Å². The van der Waals surface area contributed by atoms with E-state index in [1.54, 1.807) is 0 Å². The molecule has 1 atom stereocenters. The van der Waals surface area contributed by atoms with Gasteiger partial charge in [-0.1, -0.05) is 103 Å². The lowest BCUT2D eigenvalue weighted by molar-refractivity contribution is -0.127. The largest absolute Gasteiger partial charge is 0.368 e. The normalized spacial score (nSPS) is 11.9.